The van der Waals surface area contributed by atoms with Gasteiger partial charge in [0.25, 0.3) is 0 Å². The van der Waals surface area contributed by atoms with Gasteiger partial charge in [-0.25, -0.2) is 0 Å². The highest BCUT2D eigenvalue weighted by molar-refractivity contribution is 5.38. The lowest BCUT2D eigenvalue weighted by Crippen LogP contribution is -2.03. The van der Waals surface area contributed by atoms with Gasteiger partial charge in [-0.2, -0.15) is 0 Å². The molecule has 2 rings (SSSR count). The summed E-state index contributed by atoms with van der Waals surface area (Å²) in [4.78, 5) is 0. The fourth-order valence-electron chi connectivity index (χ4n) is 2.35. The molecule has 0 atom stereocenters. The Kier molecular flexibility index (Phi) is 6.91. The maximum Gasteiger partial charge on any atom is 0.188 e. The zero-order valence-electron chi connectivity index (χ0n) is 13.7. The summed E-state index contributed by atoms with van der Waals surface area (Å²) in [6, 6.07) is 14.1. The number of hydrogen-bond acceptors (Lipinski definition) is 4. The second-order valence-electron chi connectivity index (χ2n) is 5.23. The van der Waals surface area contributed by atoms with Gasteiger partial charge in [-0.3, -0.25) is 0 Å². The summed E-state index contributed by atoms with van der Waals surface area (Å²) in [6.45, 7) is 2.79. The van der Waals surface area contributed by atoms with E-state index in [4.69, 9.17) is 14.2 Å². The molecule has 0 fully saturated rings. The first-order valence-corrected chi connectivity index (χ1v) is 7.83. The van der Waals surface area contributed by atoms with Crippen molar-refractivity contribution in [3.63, 3.8) is 0 Å². The fraction of sp³-hybridized carbons (Fsp3) is 0.368. The fourth-order valence-corrected chi connectivity index (χ4v) is 2.35. The number of aliphatic hydroxyl groups excluding tert-OH is 1. The third-order valence-corrected chi connectivity index (χ3v) is 3.57. The number of methoxy groups -OCH3 is 1. The zero-order valence-corrected chi connectivity index (χ0v) is 13.7. The molecule has 0 bridgehead atoms. The molecular weight excluding hydrogens is 292 g/mol. The molecule has 23 heavy (non-hydrogen) atoms. The van der Waals surface area contributed by atoms with Crippen LogP contribution in [0.25, 0.3) is 0 Å². The van der Waals surface area contributed by atoms with Crippen LogP contribution in [-0.2, 0) is 24.2 Å². The summed E-state index contributed by atoms with van der Waals surface area (Å²) in [5, 5.41) is 9.35. The van der Waals surface area contributed by atoms with Crippen molar-refractivity contribution < 1.29 is 19.3 Å². The van der Waals surface area contributed by atoms with E-state index in [2.05, 4.69) is 12.1 Å². The van der Waals surface area contributed by atoms with Crippen molar-refractivity contribution in [2.45, 2.75) is 26.4 Å². The molecule has 0 aromatic heterocycles. The lowest BCUT2D eigenvalue weighted by Gasteiger charge is -2.11. The summed E-state index contributed by atoms with van der Waals surface area (Å²) in [5.74, 6) is 1.58. The molecule has 0 aliphatic rings. The van der Waals surface area contributed by atoms with E-state index >= 15 is 0 Å². The summed E-state index contributed by atoms with van der Waals surface area (Å²) in [7, 11) is 1.58. The van der Waals surface area contributed by atoms with Crippen LogP contribution in [-0.4, -0.2) is 25.6 Å². The van der Waals surface area contributed by atoms with Gasteiger partial charge in [-0.1, -0.05) is 24.3 Å². The SMILES string of the molecule is CCOc1ccc(CCc2ccc(CO)c(OCOC)c2)cc1. The Labute approximate surface area is 137 Å². The number of rotatable bonds is 9. The molecule has 0 spiro atoms. The minimum Gasteiger partial charge on any atom is -0.494 e. The molecule has 0 aliphatic heterocycles. The highest BCUT2D eigenvalue weighted by Crippen LogP contribution is 2.22. The Balaban J connectivity index is 1.99. The van der Waals surface area contributed by atoms with E-state index < -0.39 is 0 Å². The topological polar surface area (TPSA) is 47.9 Å². The van der Waals surface area contributed by atoms with E-state index in [1.165, 1.54) is 11.1 Å². The Hall–Kier alpha value is -2.04. The average Bonchev–Trinajstić information content (AvgIpc) is 2.59. The predicted octanol–water partition coefficient (Wildman–Crippen LogP) is 3.35. The van der Waals surface area contributed by atoms with Crippen molar-refractivity contribution in [3.05, 3.63) is 59.2 Å². The first kappa shape index (κ1) is 17.3. The molecular formula is C19H24O4. The molecule has 2 aromatic carbocycles. The van der Waals surface area contributed by atoms with Crippen LogP contribution in [0, 0.1) is 0 Å². The quantitative estimate of drug-likeness (QED) is 0.721. The number of ether oxygens (including phenoxy) is 3. The molecule has 0 saturated heterocycles. The second kappa shape index (κ2) is 9.18. The highest BCUT2D eigenvalue weighted by Gasteiger charge is 2.05. The van der Waals surface area contributed by atoms with Crippen molar-refractivity contribution >= 4 is 0 Å². The Bertz CT molecular complexity index is 593. The van der Waals surface area contributed by atoms with Gasteiger partial charge in [0.2, 0.25) is 0 Å². The standard InChI is InChI=1S/C19H24O4/c1-3-22-18-10-7-15(8-11-18)4-5-16-6-9-17(13-20)19(12-16)23-14-21-2/h6-12,20H,3-5,13-14H2,1-2H3. The van der Waals surface area contributed by atoms with Gasteiger partial charge < -0.3 is 19.3 Å². The minimum absolute atomic E-state index is 0.0434. The third-order valence-electron chi connectivity index (χ3n) is 3.57. The van der Waals surface area contributed by atoms with E-state index in [0.29, 0.717) is 12.4 Å². The molecule has 2 aromatic rings. The van der Waals surface area contributed by atoms with Gasteiger partial charge in [0, 0.05) is 12.7 Å². The maximum atomic E-state index is 9.35. The monoisotopic (exact) mass is 316 g/mol. The molecule has 0 heterocycles. The number of aliphatic hydroxyl groups is 1. The Morgan fingerprint density at radius 3 is 2.26 bits per heavy atom. The summed E-state index contributed by atoms with van der Waals surface area (Å²) in [5.41, 5.74) is 3.20. The van der Waals surface area contributed by atoms with Crippen LogP contribution in [0.2, 0.25) is 0 Å². The molecule has 0 aliphatic carbocycles. The van der Waals surface area contributed by atoms with Crippen molar-refractivity contribution in [1.29, 1.82) is 0 Å². The van der Waals surface area contributed by atoms with Crippen LogP contribution in [0.1, 0.15) is 23.6 Å². The molecule has 0 amide bonds. The highest BCUT2D eigenvalue weighted by atomic mass is 16.7. The smallest absolute Gasteiger partial charge is 0.188 e. The molecule has 4 heteroatoms. The van der Waals surface area contributed by atoms with Gasteiger partial charge in [-0.05, 0) is 49.1 Å². The van der Waals surface area contributed by atoms with Crippen LogP contribution in [0.5, 0.6) is 11.5 Å². The first-order chi connectivity index (χ1) is 11.3. The summed E-state index contributed by atoms with van der Waals surface area (Å²) >= 11 is 0. The van der Waals surface area contributed by atoms with Crippen molar-refractivity contribution in [2.75, 3.05) is 20.5 Å². The third kappa shape index (κ3) is 5.27. The maximum absolute atomic E-state index is 9.35. The minimum atomic E-state index is -0.0434. The van der Waals surface area contributed by atoms with Crippen molar-refractivity contribution in [1.82, 2.24) is 0 Å². The average molecular weight is 316 g/mol. The second-order valence-corrected chi connectivity index (χ2v) is 5.23. The predicted molar refractivity (Wildman–Crippen MR) is 89.9 cm³/mol. The molecule has 1 N–H and O–H groups in total. The van der Waals surface area contributed by atoms with Gasteiger partial charge in [0.15, 0.2) is 6.79 Å². The van der Waals surface area contributed by atoms with Gasteiger partial charge in [-0.15, -0.1) is 0 Å². The molecule has 4 nitrogen and oxygen atoms in total. The van der Waals surface area contributed by atoms with Crippen LogP contribution in [0.4, 0.5) is 0 Å². The van der Waals surface area contributed by atoms with E-state index in [0.717, 1.165) is 24.2 Å². The van der Waals surface area contributed by atoms with Crippen LogP contribution in [0.15, 0.2) is 42.5 Å². The number of hydrogen-bond donors (Lipinski definition) is 1. The van der Waals surface area contributed by atoms with E-state index in [1.807, 2.05) is 37.3 Å². The lowest BCUT2D eigenvalue weighted by atomic mass is 10.0. The van der Waals surface area contributed by atoms with Crippen LogP contribution in [0.3, 0.4) is 0 Å². The van der Waals surface area contributed by atoms with Gasteiger partial charge in [0.05, 0.1) is 13.2 Å². The molecule has 0 radical (unpaired) electrons. The first-order valence-electron chi connectivity index (χ1n) is 7.83. The van der Waals surface area contributed by atoms with E-state index in [-0.39, 0.29) is 13.4 Å². The molecule has 0 unspecified atom stereocenters. The lowest BCUT2D eigenvalue weighted by molar-refractivity contribution is 0.0494. The van der Waals surface area contributed by atoms with Crippen LogP contribution < -0.4 is 9.47 Å². The Morgan fingerprint density at radius 1 is 0.913 bits per heavy atom. The molecule has 124 valence electrons. The number of benzene rings is 2. The van der Waals surface area contributed by atoms with Crippen LogP contribution >= 0.6 is 0 Å². The molecule has 0 saturated carbocycles. The van der Waals surface area contributed by atoms with Crippen molar-refractivity contribution in [2.24, 2.45) is 0 Å². The van der Waals surface area contributed by atoms with Gasteiger partial charge in [0.1, 0.15) is 11.5 Å². The van der Waals surface area contributed by atoms with E-state index in [9.17, 15) is 5.11 Å². The number of aryl methyl sites for hydroxylation is 2. The normalized spacial score (nSPS) is 10.6. The Morgan fingerprint density at radius 2 is 1.61 bits per heavy atom. The van der Waals surface area contributed by atoms with E-state index in [1.54, 1.807) is 7.11 Å². The zero-order chi connectivity index (χ0) is 16.5. The summed E-state index contributed by atoms with van der Waals surface area (Å²) in [6.07, 6.45) is 1.84. The largest absolute Gasteiger partial charge is 0.494 e. The van der Waals surface area contributed by atoms with Gasteiger partial charge >= 0.3 is 0 Å². The van der Waals surface area contributed by atoms with Crippen molar-refractivity contribution in [3.8, 4) is 11.5 Å². The summed E-state index contributed by atoms with van der Waals surface area (Å²) < 4.78 is 15.9.